The zero-order chi connectivity index (χ0) is 19.2. The SMILES string of the molecule is CCS(=O)(=O)c1cccc(CC(=O)Nc2cccc(CCC(=O)O)c2)c1. The number of hydrogen-bond acceptors (Lipinski definition) is 4. The number of carboxylic acid groups (broad SMARTS) is 1. The van der Waals surface area contributed by atoms with Crippen molar-refractivity contribution in [2.75, 3.05) is 11.1 Å². The van der Waals surface area contributed by atoms with Crippen molar-refractivity contribution >= 4 is 27.4 Å². The van der Waals surface area contributed by atoms with Crippen LogP contribution in [0.2, 0.25) is 0 Å². The first-order valence-corrected chi connectivity index (χ1v) is 9.87. The Morgan fingerprint density at radius 2 is 1.73 bits per heavy atom. The van der Waals surface area contributed by atoms with E-state index in [1.54, 1.807) is 43.3 Å². The lowest BCUT2D eigenvalue weighted by atomic mass is 10.1. The molecule has 7 heteroatoms. The minimum Gasteiger partial charge on any atom is -0.481 e. The van der Waals surface area contributed by atoms with E-state index in [4.69, 9.17) is 5.11 Å². The van der Waals surface area contributed by atoms with E-state index in [0.717, 1.165) is 5.56 Å². The number of carboxylic acids is 1. The second-order valence-electron chi connectivity index (χ2n) is 5.87. The molecule has 138 valence electrons. The fourth-order valence-corrected chi connectivity index (χ4v) is 3.41. The van der Waals surface area contributed by atoms with Crippen molar-refractivity contribution in [1.29, 1.82) is 0 Å². The maximum atomic E-state index is 12.2. The van der Waals surface area contributed by atoms with Crippen LogP contribution in [0.5, 0.6) is 0 Å². The molecule has 0 spiro atoms. The molecule has 0 fully saturated rings. The number of aryl methyl sites for hydroxylation is 1. The van der Waals surface area contributed by atoms with Crippen molar-refractivity contribution < 1.29 is 23.1 Å². The lowest BCUT2D eigenvalue weighted by Gasteiger charge is -2.08. The molecule has 0 saturated carbocycles. The van der Waals surface area contributed by atoms with Gasteiger partial charge in [-0.25, -0.2) is 8.42 Å². The molecule has 1 amide bonds. The van der Waals surface area contributed by atoms with Gasteiger partial charge in [-0.05, 0) is 41.8 Å². The van der Waals surface area contributed by atoms with Crippen LogP contribution >= 0.6 is 0 Å². The summed E-state index contributed by atoms with van der Waals surface area (Å²) in [4.78, 5) is 23.1. The van der Waals surface area contributed by atoms with Crippen molar-refractivity contribution in [2.24, 2.45) is 0 Å². The summed E-state index contributed by atoms with van der Waals surface area (Å²) in [6.45, 7) is 1.58. The van der Waals surface area contributed by atoms with E-state index in [1.165, 1.54) is 12.1 Å². The maximum Gasteiger partial charge on any atom is 0.303 e. The van der Waals surface area contributed by atoms with Gasteiger partial charge in [0.1, 0.15) is 0 Å². The second kappa shape index (κ2) is 8.62. The normalized spacial score (nSPS) is 11.1. The predicted octanol–water partition coefficient (Wildman–Crippen LogP) is 2.68. The van der Waals surface area contributed by atoms with Crippen LogP contribution in [0.25, 0.3) is 0 Å². The summed E-state index contributed by atoms with van der Waals surface area (Å²) in [5.41, 5.74) is 2.01. The van der Waals surface area contributed by atoms with Gasteiger partial charge in [-0.3, -0.25) is 9.59 Å². The van der Waals surface area contributed by atoms with Gasteiger partial charge in [-0.2, -0.15) is 0 Å². The minimum atomic E-state index is -3.31. The van der Waals surface area contributed by atoms with Crippen molar-refractivity contribution in [3.63, 3.8) is 0 Å². The Balaban J connectivity index is 2.04. The first kappa shape index (κ1) is 19.7. The lowest BCUT2D eigenvalue weighted by Crippen LogP contribution is -2.15. The average molecular weight is 375 g/mol. The van der Waals surface area contributed by atoms with Crippen LogP contribution in [0.1, 0.15) is 24.5 Å². The predicted molar refractivity (Wildman–Crippen MR) is 98.9 cm³/mol. The van der Waals surface area contributed by atoms with Gasteiger partial charge < -0.3 is 10.4 Å². The third kappa shape index (κ3) is 5.70. The van der Waals surface area contributed by atoms with Crippen LogP contribution in [0.15, 0.2) is 53.4 Å². The largest absolute Gasteiger partial charge is 0.481 e. The van der Waals surface area contributed by atoms with Crippen LogP contribution in [0.4, 0.5) is 5.69 Å². The molecule has 0 bridgehead atoms. The molecule has 2 N–H and O–H groups in total. The molecule has 0 aliphatic rings. The summed E-state index contributed by atoms with van der Waals surface area (Å²) in [5, 5.41) is 11.5. The molecule has 0 aromatic heterocycles. The molecule has 6 nitrogen and oxygen atoms in total. The zero-order valence-electron chi connectivity index (χ0n) is 14.4. The van der Waals surface area contributed by atoms with Crippen molar-refractivity contribution in [1.82, 2.24) is 0 Å². The maximum absolute atomic E-state index is 12.2. The van der Waals surface area contributed by atoms with E-state index in [-0.39, 0.29) is 29.4 Å². The highest BCUT2D eigenvalue weighted by Gasteiger charge is 2.13. The molecular weight excluding hydrogens is 354 g/mol. The van der Waals surface area contributed by atoms with Gasteiger partial charge in [-0.15, -0.1) is 0 Å². The van der Waals surface area contributed by atoms with Gasteiger partial charge in [-0.1, -0.05) is 31.2 Å². The van der Waals surface area contributed by atoms with Gasteiger partial charge >= 0.3 is 5.97 Å². The fraction of sp³-hybridized carbons (Fsp3) is 0.263. The molecular formula is C19H21NO5S. The third-order valence-corrected chi connectivity index (χ3v) is 5.57. The van der Waals surface area contributed by atoms with E-state index in [9.17, 15) is 18.0 Å². The summed E-state index contributed by atoms with van der Waals surface area (Å²) in [7, 11) is -3.31. The third-order valence-electron chi connectivity index (χ3n) is 3.84. The van der Waals surface area contributed by atoms with E-state index in [1.807, 2.05) is 0 Å². The number of rotatable bonds is 8. The number of aliphatic carboxylic acids is 1. The topological polar surface area (TPSA) is 101 Å². The lowest BCUT2D eigenvalue weighted by molar-refractivity contribution is -0.137. The van der Waals surface area contributed by atoms with E-state index in [0.29, 0.717) is 17.7 Å². The first-order chi connectivity index (χ1) is 12.3. The van der Waals surface area contributed by atoms with Crippen molar-refractivity contribution in [3.8, 4) is 0 Å². The number of amides is 1. The summed E-state index contributed by atoms with van der Waals surface area (Å²) in [6, 6.07) is 13.4. The van der Waals surface area contributed by atoms with Crippen LogP contribution in [-0.2, 0) is 32.3 Å². The Morgan fingerprint density at radius 3 is 2.42 bits per heavy atom. The van der Waals surface area contributed by atoms with Crippen LogP contribution < -0.4 is 5.32 Å². The Kier molecular flexibility index (Phi) is 6.52. The summed E-state index contributed by atoms with van der Waals surface area (Å²) < 4.78 is 23.9. The van der Waals surface area contributed by atoms with Gasteiger partial charge in [0.05, 0.1) is 17.1 Å². The number of carbonyl (C=O) groups is 2. The van der Waals surface area contributed by atoms with Crippen molar-refractivity contribution in [2.45, 2.75) is 31.1 Å². The molecule has 0 saturated heterocycles. The van der Waals surface area contributed by atoms with Gasteiger partial charge in [0.25, 0.3) is 0 Å². The minimum absolute atomic E-state index is 0.00574. The monoisotopic (exact) mass is 375 g/mol. The first-order valence-electron chi connectivity index (χ1n) is 8.22. The van der Waals surface area contributed by atoms with Crippen LogP contribution in [0.3, 0.4) is 0 Å². The Hall–Kier alpha value is -2.67. The Labute approximate surface area is 152 Å². The van der Waals surface area contributed by atoms with E-state index >= 15 is 0 Å². The van der Waals surface area contributed by atoms with Gasteiger partial charge in [0, 0.05) is 12.1 Å². The molecule has 2 aromatic carbocycles. The molecule has 2 aromatic rings. The summed E-state index contributed by atoms with van der Waals surface area (Å²) >= 11 is 0. The number of hydrogen-bond donors (Lipinski definition) is 2. The smallest absolute Gasteiger partial charge is 0.303 e. The number of nitrogens with one attached hydrogen (secondary N) is 1. The van der Waals surface area contributed by atoms with E-state index in [2.05, 4.69) is 5.32 Å². The second-order valence-corrected chi connectivity index (χ2v) is 8.15. The Bertz CT molecular complexity index is 906. The standard InChI is InChI=1S/C19H21NO5S/c1-2-26(24,25)17-8-4-6-15(12-17)13-18(21)20-16-7-3-5-14(11-16)9-10-19(22)23/h3-8,11-12H,2,9-10,13H2,1H3,(H,20,21)(H,22,23). The number of sulfone groups is 1. The highest BCUT2D eigenvalue weighted by Crippen LogP contribution is 2.16. The van der Waals surface area contributed by atoms with Crippen molar-refractivity contribution in [3.05, 3.63) is 59.7 Å². The molecule has 0 heterocycles. The molecule has 0 atom stereocenters. The zero-order valence-corrected chi connectivity index (χ0v) is 15.3. The molecule has 26 heavy (non-hydrogen) atoms. The molecule has 0 aliphatic heterocycles. The number of benzene rings is 2. The summed E-state index contributed by atoms with van der Waals surface area (Å²) in [6.07, 6.45) is 0.457. The quantitative estimate of drug-likeness (QED) is 0.739. The highest BCUT2D eigenvalue weighted by atomic mass is 32.2. The fourth-order valence-electron chi connectivity index (χ4n) is 2.46. The number of anilines is 1. The van der Waals surface area contributed by atoms with Gasteiger partial charge in [0.15, 0.2) is 9.84 Å². The van der Waals surface area contributed by atoms with Gasteiger partial charge in [0.2, 0.25) is 5.91 Å². The molecule has 2 rings (SSSR count). The van der Waals surface area contributed by atoms with E-state index < -0.39 is 15.8 Å². The Morgan fingerprint density at radius 1 is 1.04 bits per heavy atom. The molecule has 0 radical (unpaired) electrons. The molecule has 0 unspecified atom stereocenters. The summed E-state index contributed by atoms with van der Waals surface area (Å²) in [5.74, 6) is -1.14. The molecule has 0 aliphatic carbocycles. The highest BCUT2D eigenvalue weighted by molar-refractivity contribution is 7.91. The van der Waals surface area contributed by atoms with Crippen LogP contribution in [-0.4, -0.2) is 31.2 Å². The average Bonchev–Trinajstić information content (AvgIpc) is 2.60. The number of carbonyl (C=O) groups excluding carboxylic acids is 1. The van der Waals surface area contributed by atoms with Crippen LogP contribution in [0, 0.1) is 0 Å².